The fourth-order valence-electron chi connectivity index (χ4n) is 1.53. The number of aryl methyl sites for hydroxylation is 1. The average Bonchev–Trinajstić information content (AvgIpc) is 2.78. The summed E-state index contributed by atoms with van der Waals surface area (Å²) in [6.45, 7) is 3.60. The fourth-order valence-corrected chi connectivity index (χ4v) is 1.67. The van der Waals surface area contributed by atoms with Crippen molar-refractivity contribution in [3.8, 4) is 5.82 Å². The Morgan fingerprint density at radius 3 is 2.72 bits per heavy atom. The van der Waals surface area contributed by atoms with E-state index in [2.05, 4.69) is 20.5 Å². The molecule has 2 aromatic rings. The van der Waals surface area contributed by atoms with Crippen LogP contribution in [0.5, 0.6) is 0 Å². The van der Waals surface area contributed by atoms with E-state index in [9.17, 15) is 0 Å². The van der Waals surface area contributed by atoms with Gasteiger partial charge in [-0.3, -0.25) is 0 Å². The molecule has 0 bridgehead atoms. The normalized spacial score (nSPS) is 11.8. The van der Waals surface area contributed by atoms with E-state index < -0.39 is 0 Å². The van der Waals surface area contributed by atoms with Crippen molar-refractivity contribution in [1.82, 2.24) is 20.0 Å². The highest BCUT2D eigenvalue weighted by Gasteiger charge is 2.17. The Hall–Kier alpha value is -2.15. The third-order valence-corrected chi connectivity index (χ3v) is 2.76. The zero-order valence-corrected chi connectivity index (χ0v) is 10.5. The van der Waals surface area contributed by atoms with Crippen LogP contribution >= 0.6 is 11.6 Å². The van der Waals surface area contributed by atoms with Crippen molar-refractivity contribution >= 4 is 17.4 Å². The largest absolute Gasteiger partial charge is 0.409 e. The first kappa shape index (κ1) is 12.3. The van der Waals surface area contributed by atoms with Crippen LogP contribution in [0, 0.1) is 13.8 Å². The van der Waals surface area contributed by atoms with E-state index in [1.807, 2.05) is 6.92 Å². The monoisotopic (exact) mass is 266 g/mol. The van der Waals surface area contributed by atoms with Gasteiger partial charge >= 0.3 is 0 Å². The molecule has 0 saturated heterocycles. The van der Waals surface area contributed by atoms with Gasteiger partial charge in [-0.2, -0.15) is 10.2 Å². The highest BCUT2D eigenvalue weighted by Crippen LogP contribution is 2.18. The number of hydrogen-bond donors (Lipinski definition) is 2. The van der Waals surface area contributed by atoms with Crippen LogP contribution in [0.3, 0.4) is 0 Å². The highest BCUT2D eigenvalue weighted by atomic mass is 35.5. The summed E-state index contributed by atoms with van der Waals surface area (Å²) in [7, 11) is 0. The lowest BCUT2D eigenvalue weighted by molar-refractivity contribution is 0.318. The maximum Gasteiger partial charge on any atom is 0.187 e. The molecule has 0 amide bonds. The zero-order valence-electron chi connectivity index (χ0n) is 9.79. The van der Waals surface area contributed by atoms with Crippen LogP contribution in [0.15, 0.2) is 17.5 Å². The van der Waals surface area contributed by atoms with Crippen LogP contribution < -0.4 is 5.73 Å². The Balaban J connectivity index is 2.71. The molecule has 0 saturated carbocycles. The van der Waals surface area contributed by atoms with Gasteiger partial charge in [0.25, 0.3) is 0 Å². The minimum Gasteiger partial charge on any atom is -0.409 e. The summed E-state index contributed by atoms with van der Waals surface area (Å²) in [5.41, 5.74) is 7.60. The topological polar surface area (TPSA) is 102 Å². The van der Waals surface area contributed by atoms with Crippen molar-refractivity contribution < 1.29 is 5.21 Å². The summed E-state index contributed by atoms with van der Waals surface area (Å²) in [4.78, 5) is 0. The first-order chi connectivity index (χ1) is 8.54. The smallest absolute Gasteiger partial charge is 0.187 e. The van der Waals surface area contributed by atoms with E-state index in [0.29, 0.717) is 22.1 Å². The molecule has 0 radical (unpaired) electrons. The summed E-state index contributed by atoms with van der Waals surface area (Å²) >= 11 is 5.80. The maximum absolute atomic E-state index is 8.84. The van der Waals surface area contributed by atoms with Crippen molar-refractivity contribution in [2.45, 2.75) is 13.8 Å². The molecule has 2 aromatic heterocycles. The van der Waals surface area contributed by atoms with Crippen LogP contribution in [-0.2, 0) is 0 Å². The average molecular weight is 267 g/mol. The van der Waals surface area contributed by atoms with Crippen LogP contribution in [-0.4, -0.2) is 31.0 Å². The Labute approximate surface area is 108 Å². The molecule has 3 N–H and O–H groups in total. The molecule has 2 heterocycles. The number of nitrogens with two attached hydrogens (primary N) is 1. The van der Waals surface area contributed by atoms with E-state index in [1.54, 1.807) is 13.1 Å². The van der Waals surface area contributed by atoms with Gasteiger partial charge in [0.1, 0.15) is 0 Å². The summed E-state index contributed by atoms with van der Waals surface area (Å²) in [5, 5.41) is 24.3. The molecule has 0 fully saturated rings. The van der Waals surface area contributed by atoms with Gasteiger partial charge in [0.05, 0.1) is 28.7 Å². The molecule has 94 valence electrons. The number of hydrogen-bond acceptors (Lipinski definition) is 5. The second kappa shape index (κ2) is 4.61. The molecule has 0 atom stereocenters. The number of rotatable bonds is 2. The van der Waals surface area contributed by atoms with Crippen LogP contribution in [0.1, 0.15) is 16.8 Å². The molecule has 7 nitrogen and oxygen atoms in total. The molecule has 0 aromatic carbocycles. The van der Waals surface area contributed by atoms with Crippen LogP contribution in [0.25, 0.3) is 5.82 Å². The van der Waals surface area contributed by atoms with Gasteiger partial charge in [0.15, 0.2) is 11.7 Å². The van der Waals surface area contributed by atoms with Gasteiger partial charge in [-0.25, -0.2) is 4.68 Å². The number of aromatic nitrogens is 4. The van der Waals surface area contributed by atoms with Gasteiger partial charge in [-0.05, 0) is 19.4 Å². The second-order valence-corrected chi connectivity index (χ2v) is 4.13. The van der Waals surface area contributed by atoms with E-state index in [-0.39, 0.29) is 5.84 Å². The Morgan fingerprint density at radius 1 is 1.44 bits per heavy atom. The minimum atomic E-state index is -0.0490. The summed E-state index contributed by atoms with van der Waals surface area (Å²) in [6, 6.07) is 0. The van der Waals surface area contributed by atoms with Gasteiger partial charge in [0, 0.05) is 0 Å². The fraction of sp³-hybridized carbons (Fsp3) is 0.200. The lowest BCUT2D eigenvalue weighted by Crippen LogP contribution is -2.21. The van der Waals surface area contributed by atoms with Crippen molar-refractivity contribution in [2.75, 3.05) is 0 Å². The molecule has 0 spiro atoms. The molecule has 18 heavy (non-hydrogen) atoms. The van der Waals surface area contributed by atoms with Crippen molar-refractivity contribution in [1.29, 1.82) is 0 Å². The molecular formula is C10H11ClN6O. The summed E-state index contributed by atoms with van der Waals surface area (Å²) in [5.74, 6) is 0.312. The van der Waals surface area contributed by atoms with Gasteiger partial charge in [-0.1, -0.05) is 16.8 Å². The molecule has 0 aliphatic heterocycles. The lowest BCUT2D eigenvalue weighted by Gasteiger charge is -2.10. The first-order valence-electron chi connectivity index (χ1n) is 5.07. The number of amidine groups is 1. The van der Waals surface area contributed by atoms with Crippen LogP contribution in [0.2, 0.25) is 5.02 Å². The Bertz CT molecular complexity index is 621. The lowest BCUT2D eigenvalue weighted by atomic mass is 10.1. The number of oxime groups is 1. The second-order valence-electron chi connectivity index (χ2n) is 3.70. The molecule has 0 aliphatic rings. The molecule has 8 heteroatoms. The van der Waals surface area contributed by atoms with Gasteiger partial charge in [0.2, 0.25) is 0 Å². The van der Waals surface area contributed by atoms with E-state index >= 15 is 0 Å². The molecular weight excluding hydrogens is 256 g/mol. The molecule has 2 rings (SSSR count). The number of halogens is 1. The Morgan fingerprint density at radius 2 is 2.17 bits per heavy atom. The zero-order chi connectivity index (χ0) is 13.3. The maximum atomic E-state index is 8.84. The highest BCUT2D eigenvalue weighted by molar-refractivity contribution is 6.30. The van der Waals surface area contributed by atoms with Gasteiger partial charge < -0.3 is 10.9 Å². The third kappa shape index (κ3) is 2.00. The van der Waals surface area contributed by atoms with Crippen LogP contribution in [0.4, 0.5) is 0 Å². The summed E-state index contributed by atoms with van der Waals surface area (Å²) < 4.78 is 1.43. The molecule has 0 aliphatic carbocycles. The summed E-state index contributed by atoms with van der Waals surface area (Å²) in [6.07, 6.45) is 3.03. The standard InChI is InChI=1S/C10H11ClN6O/c1-5-6(2)14-15-10(8(5)9(12)16-18)17-4-7(11)3-13-17/h3-4,18H,1-2H3,(H2,12,16). The van der Waals surface area contributed by atoms with E-state index in [0.717, 1.165) is 5.56 Å². The third-order valence-electron chi connectivity index (χ3n) is 2.57. The first-order valence-corrected chi connectivity index (χ1v) is 5.44. The minimum absolute atomic E-state index is 0.0490. The molecule has 0 unspecified atom stereocenters. The van der Waals surface area contributed by atoms with Gasteiger partial charge in [-0.15, -0.1) is 5.10 Å². The number of nitrogens with zero attached hydrogens (tertiary/aromatic N) is 5. The van der Waals surface area contributed by atoms with Crippen molar-refractivity contribution in [3.05, 3.63) is 34.2 Å². The SMILES string of the molecule is Cc1nnc(-n2cc(Cl)cn2)c(/C(N)=N/O)c1C. The van der Waals surface area contributed by atoms with Crippen molar-refractivity contribution in [3.63, 3.8) is 0 Å². The predicted octanol–water partition coefficient (Wildman–Crippen LogP) is 1.03. The van der Waals surface area contributed by atoms with E-state index in [4.69, 9.17) is 22.5 Å². The quantitative estimate of drug-likeness (QED) is 0.366. The Kier molecular flexibility index (Phi) is 3.15. The van der Waals surface area contributed by atoms with Crippen molar-refractivity contribution in [2.24, 2.45) is 10.9 Å². The predicted molar refractivity (Wildman–Crippen MR) is 66.1 cm³/mol. The van der Waals surface area contributed by atoms with E-state index in [1.165, 1.54) is 10.9 Å².